The van der Waals surface area contributed by atoms with Crippen LogP contribution in [0.2, 0.25) is 12.6 Å². The fourth-order valence-corrected chi connectivity index (χ4v) is 6.45. The highest BCUT2D eigenvalue weighted by Gasteiger charge is 2.42. The number of hydrogen-bond donors (Lipinski definition) is 0. The smallest absolute Gasteiger partial charge is 0.377 e. The Balaban J connectivity index is 0. The summed E-state index contributed by atoms with van der Waals surface area (Å²) in [7, 11) is 5.61. The van der Waals surface area contributed by atoms with Gasteiger partial charge in [0.2, 0.25) is 0 Å². The molecule has 0 atom stereocenters. The summed E-state index contributed by atoms with van der Waals surface area (Å²) >= 11 is 0. The van der Waals surface area contributed by atoms with Gasteiger partial charge in [0.15, 0.2) is 0 Å². The van der Waals surface area contributed by atoms with Crippen molar-refractivity contribution in [3.8, 4) is 0 Å². The Morgan fingerprint density at radius 2 is 1.00 bits per heavy atom. The van der Waals surface area contributed by atoms with E-state index in [2.05, 4.69) is 0 Å². The highest BCUT2D eigenvalue weighted by atomic mass is 28.4. The summed E-state index contributed by atoms with van der Waals surface area (Å²) in [5, 5.41) is 0.982. The average molecular weight is 567 g/mol. The molecule has 208 valence electrons. The second-order valence-electron chi connectivity index (χ2n) is 6.92. The highest BCUT2D eigenvalue weighted by molar-refractivity contribution is 6.75. The molecule has 0 aliphatic heterocycles. The summed E-state index contributed by atoms with van der Waals surface area (Å²) in [5.41, 5.74) is 1.21. The van der Waals surface area contributed by atoms with E-state index in [9.17, 15) is 13.2 Å². The van der Waals surface area contributed by atoms with Gasteiger partial charge < -0.3 is 39.8 Å². The fourth-order valence-electron chi connectivity index (χ4n) is 2.46. The van der Waals surface area contributed by atoms with Crippen LogP contribution in [0, 0.1) is 6.92 Å². The molecule has 0 spiro atoms. The summed E-state index contributed by atoms with van der Waals surface area (Å²) in [6.07, 6.45) is -5.15. The second kappa shape index (κ2) is 17.7. The van der Waals surface area contributed by atoms with Crippen LogP contribution in [0.1, 0.15) is 12.0 Å². The Hall–Kier alpha value is -0.699. The van der Waals surface area contributed by atoms with Crippen LogP contribution in [-0.2, 0) is 39.8 Å². The number of alkyl halides is 3. The molecule has 0 saturated heterocycles. The molecule has 0 aliphatic rings. The number of hydrogen-bond acceptors (Lipinski definition) is 9. The SMILES string of the molecule is CO[Si](C)(OC)OC.CO[Si](CCC(F)(F)F)(OC)OC.CO[Si](OC)(OC)c1ccc(C)cc1. The lowest BCUT2D eigenvalue weighted by Gasteiger charge is -2.24. The van der Waals surface area contributed by atoms with Crippen LogP contribution in [-0.4, -0.2) is 96.6 Å². The van der Waals surface area contributed by atoms with Gasteiger partial charge in [0, 0.05) is 88.2 Å². The van der Waals surface area contributed by atoms with Gasteiger partial charge in [-0.3, -0.25) is 0 Å². The number of rotatable bonds is 12. The van der Waals surface area contributed by atoms with E-state index in [0.29, 0.717) is 0 Å². The van der Waals surface area contributed by atoms with Crippen LogP contribution in [0.3, 0.4) is 0 Å². The Bertz CT molecular complexity index is 631. The van der Waals surface area contributed by atoms with Crippen LogP contribution in [0.15, 0.2) is 24.3 Å². The van der Waals surface area contributed by atoms with E-state index in [4.69, 9.17) is 39.8 Å². The van der Waals surface area contributed by atoms with Gasteiger partial charge in [-0.25, -0.2) is 0 Å². The van der Waals surface area contributed by atoms with E-state index >= 15 is 0 Å². The first-order valence-corrected chi connectivity index (χ1v) is 16.2. The molecular formula is C20H41F3O9Si3. The molecular weight excluding hydrogens is 525 g/mol. The van der Waals surface area contributed by atoms with E-state index in [1.165, 1.54) is 26.9 Å². The molecule has 1 aromatic rings. The molecule has 9 nitrogen and oxygen atoms in total. The van der Waals surface area contributed by atoms with E-state index in [0.717, 1.165) is 5.19 Å². The van der Waals surface area contributed by atoms with Crippen LogP contribution >= 0.6 is 0 Å². The number of benzene rings is 1. The van der Waals surface area contributed by atoms with Crippen molar-refractivity contribution in [3.05, 3.63) is 29.8 Å². The second-order valence-corrected chi connectivity index (χ2v) is 15.9. The quantitative estimate of drug-likeness (QED) is 0.354. The fraction of sp³-hybridized carbons (Fsp3) is 0.700. The molecule has 0 radical (unpaired) electrons. The highest BCUT2D eigenvalue weighted by Crippen LogP contribution is 2.26. The summed E-state index contributed by atoms with van der Waals surface area (Å²) in [6, 6.07) is 7.76. The van der Waals surface area contributed by atoms with Crippen molar-refractivity contribution in [2.75, 3.05) is 64.0 Å². The first kappa shape index (κ1) is 36.5. The molecule has 1 aromatic carbocycles. The largest absolute Gasteiger partial charge is 0.536 e. The van der Waals surface area contributed by atoms with Crippen molar-refractivity contribution in [2.45, 2.75) is 32.1 Å². The van der Waals surface area contributed by atoms with Crippen molar-refractivity contribution in [1.29, 1.82) is 0 Å². The third-order valence-electron chi connectivity index (χ3n) is 4.97. The first-order valence-electron chi connectivity index (χ1n) is 10.4. The van der Waals surface area contributed by atoms with Gasteiger partial charge in [-0.2, -0.15) is 13.2 Å². The molecule has 0 amide bonds. The summed E-state index contributed by atoms with van der Waals surface area (Å²) in [5.74, 6) is 0. The van der Waals surface area contributed by atoms with Crippen LogP contribution in [0.25, 0.3) is 0 Å². The third kappa shape index (κ3) is 13.4. The van der Waals surface area contributed by atoms with Gasteiger partial charge in [-0.05, 0) is 6.92 Å². The standard InChI is InChI=1S/C10H16O3Si.C6H13F3O3Si.C4H12O3Si/c1-9-5-7-10(8-6-9)14(11-2,12-3)13-4;1-10-13(11-2,12-3)5-4-6(7,8)9;1-5-8(4,6-2)7-3/h5-8H,1-4H3;4-5H2,1-3H3;1-4H3. The van der Waals surface area contributed by atoms with E-state index in [-0.39, 0.29) is 6.04 Å². The molecule has 0 bridgehead atoms. The van der Waals surface area contributed by atoms with E-state index < -0.39 is 39.0 Å². The Morgan fingerprint density at radius 1 is 0.629 bits per heavy atom. The zero-order chi connectivity index (χ0) is 27.8. The first-order chi connectivity index (χ1) is 16.3. The molecule has 0 unspecified atom stereocenters. The van der Waals surface area contributed by atoms with Gasteiger partial charge in [0.1, 0.15) is 0 Å². The summed E-state index contributed by atoms with van der Waals surface area (Å²) < 4.78 is 80.9. The summed E-state index contributed by atoms with van der Waals surface area (Å²) in [6.45, 7) is 3.87. The van der Waals surface area contributed by atoms with Gasteiger partial charge in [-0.1, -0.05) is 29.8 Å². The zero-order valence-electron chi connectivity index (χ0n) is 22.5. The third-order valence-corrected chi connectivity index (χ3v) is 12.6. The van der Waals surface area contributed by atoms with E-state index in [1.54, 1.807) is 42.7 Å². The lowest BCUT2D eigenvalue weighted by Crippen LogP contribution is -2.54. The van der Waals surface area contributed by atoms with E-state index in [1.807, 2.05) is 37.7 Å². The molecule has 15 heteroatoms. The maximum atomic E-state index is 11.9. The van der Waals surface area contributed by atoms with Crippen molar-refractivity contribution in [3.63, 3.8) is 0 Å². The van der Waals surface area contributed by atoms with Crippen molar-refractivity contribution in [1.82, 2.24) is 0 Å². The average Bonchev–Trinajstić information content (AvgIpc) is 2.87. The minimum absolute atomic E-state index is 0.250. The lowest BCUT2D eigenvalue weighted by molar-refractivity contribution is -0.132. The summed E-state index contributed by atoms with van der Waals surface area (Å²) in [4.78, 5) is 0. The zero-order valence-corrected chi connectivity index (χ0v) is 25.5. The molecule has 0 N–H and O–H groups in total. The minimum atomic E-state index is -4.20. The molecule has 0 aromatic heterocycles. The van der Waals surface area contributed by atoms with Gasteiger partial charge in [0.25, 0.3) is 0 Å². The molecule has 0 fully saturated rings. The maximum absolute atomic E-state index is 11.9. The Labute approximate surface area is 210 Å². The van der Waals surface area contributed by atoms with Crippen LogP contribution in [0.4, 0.5) is 13.2 Å². The molecule has 0 saturated carbocycles. The van der Waals surface area contributed by atoms with Crippen molar-refractivity contribution >= 4 is 31.6 Å². The normalized spacial score (nSPS) is 12.4. The van der Waals surface area contributed by atoms with Crippen LogP contribution < -0.4 is 5.19 Å². The predicted octanol–water partition coefficient (Wildman–Crippen LogP) is 3.39. The minimum Gasteiger partial charge on any atom is -0.377 e. The Morgan fingerprint density at radius 3 is 1.23 bits per heavy atom. The Kier molecular flexibility index (Phi) is 18.4. The van der Waals surface area contributed by atoms with Gasteiger partial charge in [-0.15, -0.1) is 0 Å². The van der Waals surface area contributed by atoms with Crippen LogP contribution in [0.5, 0.6) is 0 Å². The van der Waals surface area contributed by atoms with Gasteiger partial charge >= 0.3 is 32.6 Å². The molecule has 1 rings (SSSR count). The van der Waals surface area contributed by atoms with Crippen molar-refractivity contribution < 1.29 is 53.0 Å². The lowest BCUT2D eigenvalue weighted by atomic mass is 10.2. The van der Waals surface area contributed by atoms with Crippen molar-refractivity contribution in [2.24, 2.45) is 0 Å². The monoisotopic (exact) mass is 566 g/mol. The molecule has 0 aliphatic carbocycles. The number of halogens is 3. The topological polar surface area (TPSA) is 83.1 Å². The molecule has 35 heavy (non-hydrogen) atoms. The molecule has 0 heterocycles. The van der Waals surface area contributed by atoms with Gasteiger partial charge in [0.05, 0.1) is 0 Å². The predicted molar refractivity (Wildman–Crippen MR) is 132 cm³/mol. The number of aryl methyl sites for hydroxylation is 1. The maximum Gasteiger partial charge on any atom is 0.536 e.